The molecule has 0 N–H and O–H groups in total. The van der Waals surface area contributed by atoms with Crippen LogP contribution in [0.3, 0.4) is 0 Å². The van der Waals surface area contributed by atoms with E-state index in [2.05, 4.69) is 222 Å². The summed E-state index contributed by atoms with van der Waals surface area (Å²) in [5.41, 5.74) is 17.3. The summed E-state index contributed by atoms with van der Waals surface area (Å²) in [5, 5.41) is 2.54. The van der Waals surface area contributed by atoms with E-state index in [-0.39, 0.29) is 11.3 Å². The second-order valence-electron chi connectivity index (χ2n) is 15.2. The van der Waals surface area contributed by atoms with Crippen molar-refractivity contribution in [3.05, 3.63) is 239 Å². The minimum absolute atomic E-state index is 0.131. The number of hydrogen-bond donors (Lipinski definition) is 0. The van der Waals surface area contributed by atoms with Crippen LogP contribution in [0.1, 0.15) is 59.2 Å². The van der Waals surface area contributed by atoms with Gasteiger partial charge < -0.3 is 0 Å². The second kappa shape index (κ2) is 15.2. The molecule has 0 heteroatoms. The molecule has 7 aromatic rings. The van der Waals surface area contributed by atoms with Crippen molar-refractivity contribution in [2.75, 3.05) is 0 Å². The molecule has 0 fully saturated rings. The predicted octanol–water partition coefficient (Wildman–Crippen LogP) is 14.8. The standard InChI is InChI=1S/C55H48/c1-38-22-18-20-32-47(38)53-41(4)50(37-45-29-19-21-33-48(45)53)54(40(3)49(43-25-12-7-13-26-43)36-39(2)42-23-10-6-11-24-42)52-35-34-51(44-27-14-8-15-28-44)55(52,5)46-30-16-9-17-31-46/h6-34,36-37,52H,2,35H2,1,3-5H3/b49-36+,54-40+. The summed E-state index contributed by atoms with van der Waals surface area (Å²) in [6, 6.07) is 64.0. The topological polar surface area (TPSA) is 0 Å². The van der Waals surface area contributed by atoms with Gasteiger partial charge in [-0.3, -0.25) is 0 Å². The van der Waals surface area contributed by atoms with Crippen LogP contribution in [0.2, 0.25) is 0 Å². The van der Waals surface area contributed by atoms with Gasteiger partial charge in [0.2, 0.25) is 0 Å². The van der Waals surface area contributed by atoms with E-state index in [0.717, 1.165) is 17.6 Å². The Labute approximate surface area is 327 Å². The van der Waals surface area contributed by atoms with Gasteiger partial charge in [-0.05, 0) is 128 Å². The molecule has 0 amide bonds. The van der Waals surface area contributed by atoms with Crippen molar-refractivity contribution < 1.29 is 0 Å². The molecule has 1 aliphatic rings. The van der Waals surface area contributed by atoms with Crippen molar-refractivity contribution in [1.29, 1.82) is 0 Å². The fourth-order valence-electron chi connectivity index (χ4n) is 9.12. The first-order valence-electron chi connectivity index (χ1n) is 19.5. The van der Waals surface area contributed by atoms with Crippen LogP contribution in [0.15, 0.2) is 200 Å². The summed E-state index contributed by atoms with van der Waals surface area (Å²) in [6.45, 7) is 14.1. The van der Waals surface area contributed by atoms with Gasteiger partial charge in [-0.15, -0.1) is 0 Å². The highest BCUT2D eigenvalue weighted by Gasteiger charge is 2.46. The van der Waals surface area contributed by atoms with Gasteiger partial charge in [-0.1, -0.05) is 189 Å². The maximum absolute atomic E-state index is 4.64. The molecule has 0 saturated carbocycles. The molecule has 0 aliphatic heterocycles. The van der Waals surface area contributed by atoms with Crippen LogP contribution in [-0.4, -0.2) is 0 Å². The zero-order valence-corrected chi connectivity index (χ0v) is 32.4. The molecule has 0 radical (unpaired) electrons. The summed E-state index contributed by atoms with van der Waals surface area (Å²) < 4.78 is 0. The average molecular weight is 709 g/mol. The van der Waals surface area contributed by atoms with E-state index in [1.807, 2.05) is 0 Å². The number of allylic oxidation sites excluding steroid dienone is 7. The highest BCUT2D eigenvalue weighted by Crippen LogP contribution is 2.57. The minimum Gasteiger partial charge on any atom is -0.0911 e. The number of benzene rings is 7. The third kappa shape index (κ3) is 6.64. The van der Waals surface area contributed by atoms with Gasteiger partial charge in [0, 0.05) is 11.3 Å². The molecule has 2 atom stereocenters. The van der Waals surface area contributed by atoms with Gasteiger partial charge in [0.1, 0.15) is 0 Å². The van der Waals surface area contributed by atoms with Crippen LogP contribution in [0.5, 0.6) is 0 Å². The van der Waals surface area contributed by atoms with Crippen LogP contribution in [-0.2, 0) is 5.41 Å². The Morgan fingerprint density at radius 2 is 1.22 bits per heavy atom. The Hall–Kier alpha value is -6.24. The highest BCUT2D eigenvalue weighted by molar-refractivity contribution is 6.04. The SMILES string of the molecule is C=C(/C=C(\C(C)=C(/c1cc2ccccc2c(-c2ccccc2C)c1C)C1CC=C(c2ccccc2)C1(C)c1ccccc1)c1ccccc1)c1ccccc1. The van der Waals surface area contributed by atoms with Crippen molar-refractivity contribution in [2.24, 2.45) is 5.92 Å². The average Bonchev–Trinajstić information content (AvgIpc) is 3.59. The van der Waals surface area contributed by atoms with E-state index in [1.165, 1.54) is 77.6 Å². The molecule has 0 aromatic heterocycles. The molecule has 1 aliphatic carbocycles. The molecule has 0 saturated heterocycles. The first-order chi connectivity index (χ1) is 26.9. The molecule has 268 valence electrons. The molecule has 0 bridgehead atoms. The molecule has 55 heavy (non-hydrogen) atoms. The molecule has 8 rings (SSSR count). The Kier molecular flexibility index (Phi) is 9.92. The highest BCUT2D eigenvalue weighted by atomic mass is 14.5. The number of hydrogen-bond acceptors (Lipinski definition) is 0. The first-order valence-corrected chi connectivity index (χ1v) is 19.5. The van der Waals surface area contributed by atoms with E-state index in [1.54, 1.807) is 0 Å². The normalized spacial score (nSPS) is 17.5. The lowest BCUT2D eigenvalue weighted by Gasteiger charge is -2.39. The predicted molar refractivity (Wildman–Crippen MR) is 238 cm³/mol. The molecule has 0 nitrogen and oxygen atoms in total. The summed E-state index contributed by atoms with van der Waals surface area (Å²) >= 11 is 0. The molecule has 0 heterocycles. The van der Waals surface area contributed by atoms with E-state index < -0.39 is 0 Å². The fraction of sp³-hybridized carbons (Fsp3) is 0.127. The zero-order chi connectivity index (χ0) is 37.9. The van der Waals surface area contributed by atoms with Crippen molar-refractivity contribution in [3.63, 3.8) is 0 Å². The Balaban J connectivity index is 1.48. The fourth-order valence-corrected chi connectivity index (χ4v) is 9.12. The van der Waals surface area contributed by atoms with E-state index >= 15 is 0 Å². The maximum Gasteiger partial charge on any atom is 0.0249 e. The third-order valence-corrected chi connectivity index (χ3v) is 12.0. The lowest BCUT2D eigenvalue weighted by atomic mass is 9.63. The van der Waals surface area contributed by atoms with Gasteiger partial charge in [-0.25, -0.2) is 0 Å². The summed E-state index contributed by atoms with van der Waals surface area (Å²) in [4.78, 5) is 0. The zero-order valence-electron chi connectivity index (χ0n) is 32.4. The van der Waals surface area contributed by atoms with Crippen LogP contribution in [0, 0.1) is 19.8 Å². The van der Waals surface area contributed by atoms with Gasteiger partial charge in [0.15, 0.2) is 0 Å². The number of rotatable bonds is 9. The van der Waals surface area contributed by atoms with Gasteiger partial charge in [0.25, 0.3) is 0 Å². The molecular formula is C55H48. The lowest BCUT2D eigenvalue weighted by Crippen LogP contribution is -2.31. The van der Waals surface area contributed by atoms with E-state index in [9.17, 15) is 0 Å². The quantitative estimate of drug-likeness (QED) is 0.131. The van der Waals surface area contributed by atoms with Crippen LogP contribution in [0.4, 0.5) is 0 Å². The van der Waals surface area contributed by atoms with Crippen LogP contribution in [0.25, 0.3) is 44.2 Å². The third-order valence-electron chi connectivity index (χ3n) is 12.0. The molecule has 0 spiro atoms. The van der Waals surface area contributed by atoms with Crippen molar-refractivity contribution in [2.45, 2.75) is 39.5 Å². The monoisotopic (exact) mass is 708 g/mol. The van der Waals surface area contributed by atoms with Crippen LogP contribution >= 0.6 is 0 Å². The summed E-state index contributed by atoms with van der Waals surface area (Å²) in [7, 11) is 0. The first kappa shape index (κ1) is 35.8. The minimum atomic E-state index is -0.321. The largest absolute Gasteiger partial charge is 0.0911 e. The summed E-state index contributed by atoms with van der Waals surface area (Å²) in [5.74, 6) is 0.131. The Morgan fingerprint density at radius 3 is 1.89 bits per heavy atom. The van der Waals surface area contributed by atoms with Crippen molar-refractivity contribution in [1.82, 2.24) is 0 Å². The number of fused-ring (bicyclic) bond motifs is 1. The smallest absolute Gasteiger partial charge is 0.0249 e. The summed E-state index contributed by atoms with van der Waals surface area (Å²) in [6.07, 6.45) is 5.75. The number of aryl methyl sites for hydroxylation is 1. The van der Waals surface area contributed by atoms with Gasteiger partial charge in [0.05, 0.1) is 0 Å². The second-order valence-corrected chi connectivity index (χ2v) is 15.2. The maximum atomic E-state index is 4.64. The van der Waals surface area contributed by atoms with Crippen molar-refractivity contribution >= 4 is 33.1 Å². The van der Waals surface area contributed by atoms with E-state index in [4.69, 9.17) is 0 Å². The lowest BCUT2D eigenvalue weighted by molar-refractivity contribution is 0.487. The molecular weight excluding hydrogens is 661 g/mol. The molecule has 7 aromatic carbocycles. The molecule has 2 unspecified atom stereocenters. The van der Waals surface area contributed by atoms with Gasteiger partial charge >= 0.3 is 0 Å². The van der Waals surface area contributed by atoms with E-state index in [0.29, 0.717) is 0 Å². The van der Waals surface area contributed by atoms with Crippen molar-refractivity contribution in [3.8, 4) is 11.1 Å². The van der Waals surface area contributed by atoms with Gasteiger partial charge in [-0.2, -0.15) is 0 Å². The van der Waals surface area contributed by atoms with Crippen LogP contribution < -0.4 is 0 Å². The Morgan fingerprint density at radius 1 is 0.655 bits per heavy atom. The Bertz CT molecular complexity index is 2580.